The fraction of sp³-hybridized carbons (Fsp3) is 0.115. The lowest BCUT2D eigenvalue weighted by Crippen LogP contribution is -2.15. The van der Waals surface area contributed by atoms with Crippen LogP contribution >= 0.6 is 0 Å². The summed E-state index contributed by atoms with van der Waals surface area (Å²) in [4.78, 5) is 37.3. The van der Waals surface area contributed by atoms with Gasteiger partial charge in [-0.2, -0.15) is 0 Å². The highest BCUT2D eigenvalue weighted by molar-refractivity contribution is 6.08. The summed E-state index contributed by atoms with van der Waals surface area (Å²) in [6.45, 7) is 3.88. The highest BCUT2D eigenvalue weighted by Gasteiger charge is 2.15. The van der Waals surface area contributed by atoms with Gasteiger partial charge in [0.1, 0.15) is 11.3 Å². The number of esters is 1. The Labute approximate surface area is 184 Å². The number of amides is 1. The highest BCUT2D eigenvalue weighted by atomic mass is 16.5. The molecule has 32 heavy (non-hydrogen) atoms. The number of fused-ring (bicyclic) bond motifs is 1. The molecule has 0 spiro atoms. The zero-order chi connectivity index (χ0) is 22.7. The molecular weight excluding hydrogens is 406 g/mol. The van der Waals surface area contributed by atoms with E-state index in [0.29, 0.717) is 33.5 Å². The van der Waals surface area contributed by atoms with Gasteiger partial charge in [-0.15, -0.1) is 0 Å². The number of hydrogen-bond acceptors (Lipinski definition) is 5. The molecule has 0 radical (unpaired) electrons. The first-order valence-electron chi connectivity index (χ1n) is 10.2. The van der Waals surface area contributed by atoms with Crippen LogP contribution < -0.4 is 10.7 Å². The predicted octanol–water partition coefficient (Wildman–Crippen LogP) is 5.20. The van der Waals surface area contributed by atoms with Crippen LogP contribution in [0.4, 0.5) is 5.69 Å². The summed E-state index contributed by atoms with van der Waals surface area (Å²) in [5.74, 6) is -0.449. The van der Waals surface area contributed by atoms with Gasteiger partial charge in [-0.1, -0.05) is 35.9 Å². The number of anilines is 1. The number of para-hydroxylation sites is 1. The SMILES string of the molecule is CCOC(=O)c1ccccc1NC(=O)c1ccc(-c2cc(=O)c3cc(C)ccc3o2)cc1. The first-order valence-corrected chi connectivity index (χ1v) is 10.2. The van der Waals surface area contributed by atoms with E-state index in [0.717, 1.165) is 5.56 Å². The second kappa shape index (κ2) is 8.89. The van der Waals surface area contributed by atoms with Gasteiger partial charge in [-0.05, 0) is 50.2 Å². The van der Waals surface area contributed by atoms with E-state index in [9.17, 15) is 14.4 Å². The van der Waals surface area contributed by atoms with Crippen molar-refractivity contribution in [2.75, 3.05) is 11.9 Å². The van der Waals surface area contributed by atoms with Crippen LogP contribution in [0.25, 0.3) is 22.3 Å². The largest absolute Gasteiger partial charge is 0.462 e. The summed E-state index contributed by atoms with van der Waals surface area (Å²) >= 11 is 0. The maximum atomic E-state index is 12.7. The molecule has 3 aromatic carbocycles. The van der Waals surface area contributed by atoms with Gasteiger partial charge in [-0.3, -0.25) is 9.59 Å². The average molecular weight is 427 g/mol. The Morgan fingerprint density at radius 2 is 1.72 bits per heavy atom. The quantitative estimate of drug-likeness (QED) is 0.443. The van der Waals surface area contributed by atoms with E-state index in [4.69, 9.17) is 9.15 Å². The first-order chi connectivity index (χ1) is 15.5. The van der Waals surface area contributed by atoms with Gasteiger partial charge in [0.25, 0.3) is 5.91 Å². The van der Waals surface area contributed by atoms with Crippen LogP contribution in [0.2, 0.25) is 0 Å². The van der Waals surface area contributed by atoms with Crippen LogP contribution in [0.1, 0.15) is 33.2 Å². The standard InChI is InChI=1S/C26H21NO5/c1-3-31-26(30)19-6-4-5-7-21(19)27-25(29)18-11-9-17(10-12-18)24-15-22(28)20-14-16(2)8-13-23(20)32-24/h4-15H,3H2,1-2H3,(H,27,29). The molecule has 0 aliphatic carbocycles. The minimum Gasteiger partial charge on any atom is -0.462 e. The number of benzene rings is 3. The van der Waals surface area contributed by atoms with Crippen LogP contribution in [0.15, 0.2) is 82.0 Å². The van der Waals surface area contributed by atoms with Crippen molar-refractivity contribution < 1.29 is 18.7 Å². The van der Waals surface area contributed by atoms with Gasteiger partial charge in [-0.25, -0.2) is 4.79 Å². The topological polar surface area (TPSA) is 85.6 Å². The molecule has 160 valence electrons. The Morgan fingerprint density at radius 1 is 0.969 bits per heavy atom. The van der Waals surface area contributed by atoms with E-state index >= 15 is 0 Å². The number of ether oxygens (including phenoxy) is 1. The van der Waals surface area contributed by atoms with Crippen LogP contribution in [0.3, 0.4) is 0 Å². The number of hydrogen-bond donors (Lipinski definition) is 1. The van der Waals surface area contributed by atoms with E-state index in [1.807, 2.05) is 13.0 Å². The average Bonchev–Trinajstić information content (AvgIpc) is 2.80. The zero-order valence-electron chi connectivity index (χ0n) is 17.7. The van der Waals surface area contributed by atoms with Crippen molar-refractivity contribution in [2.45, 2.75) is 13.8 Å². The van der Waals surface area contributed by atoms with Gasteiger partial charge >= 0.3 is 5.97 Å². The minimum absolute atomic E-state index is 0.123. The molecule has 1 N–H and O–H groups in total. The molecule has 1 heterocycles. The van der Waals surface area contributed by atoms with E-state index in [1.54, 1.807) is 67.6 Å². The summed E-state index contributed by atoms with van der Waals surface area (Å²) in [6, 6.07) is 20.3. The van der Waals surface area contributed by atoms with Gasteiger partial charge in [0.15, 0.2) is 5.43 Å². The monoisotopic (exact) mass is 427 g/mol. The lowest BCUT2D eigenvalue weighted by molar-refractivity contribution is 0.0527. The summed E-state index contributed by atoms with van der Waals surface area (Å²) in [7, 11) is 0. The van der Waals surface area contributed by atoms with E-state index in [2.05, 4.69) is 5.32 Å². The van der Waals surface area contributed by atoms with Crippen molar-refractivity contribution in [1.29, 1.82) is 0 Å². The molecule has 0 fully saturated rings. The summed E-state index contributed by atoms with van der Waals surface area (Å²) < 4.78 is 10.9. The zero-order valence-corrected chi connectivity index (χ0v) is 17.7. The number of rotatable bonds is 5. The molecular formula is C26H21NO5. The summed E-state index contributed by atoms with van der Waals surface area (Å²) in [5, 5.41) is 3.28. The molecule has 1 amide bonds. The number of aryl methyl sites for hydroxylation is 1. The Kier molecular flexibility index (Phi) is 5.85. The number of carbonyl (C=O) groups is 2. The molecule has 4 aromatic rings. The Morgan fingerprint density at radius 3 is 2.47 bits per heavy atom. The fourth-order valence-corrected chi connectivity index (χ4v) is 3.37. The number of nitrogens with one attached hydrogen (secondary N) is 1. The molecule has 4 rings (SSSR count). The normalized spacial score (nSPS) is 10.7. The molecule has 1 aromatic heterocycles. The molecule has 6 nitrogen and oxygen atoms in total. The third kappa shape index (κ3) is 4.30. The second-order valence-corrected chi connectivity index (χ2v) is 7.27. The van der Waals surface area contributed by atoms with Crippen molar-refractivity contribution >= 4 is 28.5 Å². The third-order valence-electron chi connectivity index (χ3n) is 4.98. The van der Waals surface area contributed by atoms with E-state index in [1.165, 1.54) is 6.07 Å². The fourth-order valence-electron chi connectivity index (χ4n) is 3.37. The lowest BCUT2D eigenvalue weighted by Gasteiger charge is -2.10. The van der Waals surface area contributed by atoms with Gasteiger partial charge in [0.05, 0.1) is 23.2 Å². The second-order valence-electron chi connectivity index (χ2n) is 7.27. The van der Waals surface area contributed by atoms with Crippen molar-refractivity contribution in [2.24, 2.45) is 0 Å². The van der Waals surface area contributed by atoms with Crippen LogP contribution in [-0.4, -0.2) is 18.5 Å². The van der Waals surface area contributed by atoms with Gasteiger partial charge in [0, 0.05) is 17.2 Å². The van der Waals surface area contributed by atoms with Crippen molar-refractivity contribution in [3.8, 4) is 11.3 Å². The van der Waals surface area contributed by atoms with Gasteiger partial charge in [0.2, 0.25) is 0 Å². The number of carbonyl (C=O) groups excluding carboxylic acids is 2. The maximum Gasteiger partial charge on any atom is 0.340 e. The summed E-state index contributed by atoms with van der Waals surface area (Å²) in [5.41, 5.74) is 3.10. The van der Waals surface area contributed by atoms with Crippen molar-refractivity contribution in [3.63, 3.8) is 0 Å². The van der Waals surface area contributed by atoms with Crippen molar-refractivity contribution in [1.82, 2.24) is 0 Å². The Balaban J connectivity index is 1.58. The van der Waals surface area contributed by atoms with Crippen LogP contribution in [-0.2, 0) is 4.74 Å². The smallest absolute Gasteiger partial charge is 0.340 e. The molecule has 0 bridgehead atoms. The van der Waals surface area contributed by atoms with E-state index < -0.39 is 5.97 Å². The lowest BCUT2D eigenvalue weighted by atomic mass is 10.1. The molecule has 0 aliphatic rings. The highest BCUT2D eigenvalue weighted by Crippen LogP contribution is 2.24. The Bertz CT molecular complexity index is 1370. The molecule has 6 heteroatoms. The predicted molar refractivity (Wildman–Crippen MR) is 123 cm³/mol. The molecule has 0 atom stereocenters. The van der Waals surface area contributed by atoms with Gasteiger partial charge < -0.3 is 14.5 Å². The van der Waals surface area contributed by atoms with Crippen LogP contribution in [0.5, 0.6) is 0 Å². The summed E-state index contributed by atoms with van der Waals surface area (Å²) in [6.07, 6.45) is 0. The Hall–Kier alpha value is -4.19. The minimum atomic E-state index is -0.500. The van der Waals surface area contributed by atoms with Crippen LogP contribution in [0, 0.1) is 6.92 Å². The third-order valence-corrected chi connectivity index (χ3v) is 4.98. The van der Waals surface area contributed by atoms with Crippen molar-refractivity contribution in [3.05, 3.63) is 99.7 Å². The van der Waals surface area contributed by atoms with E-state index in [-0.39, 0.29) is 23.5 Å². The maximum absolute atomic E-state index is 12.7. The first kappa shape index (κ1) is 21.1. The molecule has 0 saturated carbocycles. The molecule has 0 aliphatic heterocycles. The molecule has 0 unspecified atom stereocenters. The molecule has 0 saturated heterocycles.